The number of thioether (sulfide) groups is 1. The van der Waals surface area contributed by atoms with E-state index >= 15 is 0 Å². The molecule has 1 unspecified atom stereocenters. The van der Waals surface area contributed by atoms with Crippen molar-refractivity contribution >= 4 is 50.1 Å². The van der Waals surface area contributed by atoms with Gasteiger partial charge in [-0.15, -0.1) is 0 Å². The van der Waals surface area contributed by atoms with E-state index in [9.17, 15) is 18.3 Å². The van der Waals surface area contributed by atoms with Crippen LogP contribution in [0.1, 0.15) is 15.9 Å². The van der Waals surface area contributed by atoms with E-state index in [-0.39, 0.29) is 16.3 Å². The summed E-state index contributed by atoms with van der Waals surface area (Å²) in [5, 5.41) is 16.8. The summed E-state index contributed by atoms with van der Waals surface area (Å²) < 4.78 is 23.6. The fourth-order valence-electron chi connectivity index (χ4n) is 1.70. The predicted octanol–water partition coefficient (Wildman–Crippen LogP) is 1.50. The summed E-state index contributed by atoms with van der Waals surface area (Å²) in [7, 11) is -3.33. The summed E-state index contributed by atoms with van der Waals surface area (Å²) in [6.07, 6.45) is 1.09. The zero-order valence-electron chi connectivity index (χ0n) is 11.2. The lowest BCUT2D eigenvalue weighted by atomic mass is 10.1. The number of rotatable bonds is 3. The molecule has 0 saturated heterocycles. The van der Waals surface area contributed by atoms with Gasteiger partial charge in [0.25, 0.3) is 5.91 Å². The third-order valence-electron chi connectivity index (χ3n) is 2.76. The third-order valence-corrected chi connectivity index (χ3v) is 5.44. The summed E-state index contributed by atoms with van der Waals surface area (Å²) in [4.78, 5) is 12.2. The van der Waals surface area contributed by atoms with Crippen molar-refractivity contribution in [3.8, 4) is 5.75 Å². The Morgan fingerprint density at radius 1 is 1.48 bits per heavy atom. The number of aryl methyl sites for hydroxylation is 1. The van der Waals surface area contributed by atoms with Gasteiger partial charge in [-0.25, -0.2) is 8.42 Å². The Balaban J connectivity index is 2.11. The molecule has 3 N–H and O–H groups in total. The molecule has 0 saturated carbocycles. The van der Waals surface area contributed by atoms with Gasteiger partial charge in [-0.05, 0) is 47.2 Å². The topological polar surface area (TPSA) is 95.5 Å². The van der Waals surface area contributed by atoms with E-state index in [1.807, 2.05) is 0 Å². The van der Waals surface area contributed by atoms with Gasteiger partial charge in [0.05, 0.1) is 5.56 Å². The molecule has 0 fully saturated rings. The van der Waals surface area contributed by atoms with Crippen LogP contribution in [0, 0.1) is 10.5 Å². The van der Waals surface area contributed by atoms with Crippen LogP contribution in [-0.4, -0.2) is 31.2 Å². The number of hydrogen-bond acceptors (Lipinski definition) is 6. The van der Waals surface area contributed by atoms with E-state index in [4.69, 9.17) is 0 Å². The fraction of sp³-hybridized carbons (Fsp3) is 0.250. The van der Waals surface area contributed by atoms with Crippen LogP contribution in [0.2, 0.25) is 0 Å². The molecule has 2 rings (SSSR count). The number of phenols is 1. The van der Waals surface area contributed by atoms with Crippen LogP contribution in [0.3, 0.4) is 0 Å². The number of aromatic hydroxyl groups is 1. The number of amides is 1. The number of carbonyl (C=O) groups excluding carboxylic acids is 1. The van der Waals surface area contributed by atoms with E-state index in [0.717, 1.165) is 21.6 Å². The maximum absolute atomic E-state index is 12.2. The molecule has 1 aliphatic rings. The highest BCUT2D eigenvalue weighted by Gasteiger charge is 2.25. The van der Waals surface area contributed by atoms with Gasteiger partial charge in [0, 0.05) is 15.2 Å². The Morgan fingerprint density at radius 2 is 2.14 bits per heavy atom. The molecule has 1 amide bonds. The molecule has 0 bridgehead atoms. The Kier molecular flexibility index (Phi) is 4.73. The van der Waals surface area contributed by atoms with Crippen molar-refractivity contribution in [2.45, 2.75) is 12.4 Å². The largest absolute Gasteiger partial charge is 0.507 e. The normalized spacial score (nSPS) is 18.0. The van der Waals surface area contributed by atoms with Crippen molar-refractivity contribution in [1.82, 2.24) is 10.6 Å². The van der Waals surface area contributed by atoms with Crippen LogP contribution < -0.4 is 10.6 Å². The van der Waals surface area contributed by atoms with Gasteiger partial charge in [0.2, 0.25) is 0 Å². The van der Waals surface area contributed by atoms with E-state index < -0.39 is 21.2 Å². The summed E-state index contributed by atoms with van der Waals surface area (Å²) >= 11 is 3.20. The van der Waals surface area contributed by atoms with Gasteiger partial charge < -0.3 is 15.7 Å². The van der Waals surface area contributed by atoms with Gasteiger partial charge in [0.15, 0.2) is 15.3 Å². The maximum atomic E-state index is 12.2. The van der Waals surface area contributed by atoms with Gasteiger partial charge in [0.1, 0.15) is 10.8 Å². The number of sulfone groups is 1. The Morgan fingerprint density at radius 3 is 2.71 bits per heavy atom. The van der Waals surface area contributed by atoms with Gasteiger partial charge in [-0.3, -0.25) is 4.79 Å². The number of nitrogens with one attached hydrogen (secondary N) is 2. The summed E-state index contributed by atoms with van der Waals surface area (Å²) in [6, 6.07) is 3.33. The highest BCUT2D eigenvalue weighted by molar-refractivity contribution is 14.1. The van der Waals surface area contributed by atoms with Crippen molar-refractivity contribution in [2.24, 2.45) is 0 Å². The van der Waals surface area contributed by atoms with Gasteiger partial charge >= 0.3 is 0 Å². The van der Waals surface area contributed by atoms with Crippen molar-refractivity contribution in [3.63, 3.8) is 0 Å². The molecule has 0 aromatic heterocycles. The molecule has 1 aromatic rings. The molecular formula is C12H13IN2O4S2. The summed E-state index contributed by atoms with van der Waals surface area (Å²) in [5.41, 5.74) is 0.184. The summed E-state index contributed by atoms with van der Waals surface area (Å²) in [5.74, 6) is -0.547. The Hall–Kier alpha value is -0.940. The SMILES string of the molecule is Cc1cc(I)cc(C(=O)NC2NC(S(C)(=O)=O)=CS2)c1O. The number of carbonyl (C=O) groups is 1. The first-order chi connectivity index (χ1) is 9.68. The smallest absolute Gasteiger partial charge is 0.257 e. The number of benzene rings is 1. The first-order valence-electron chi connectivity index (χ1n) is 5.80. The second-order valence-corrected chi connectivity index (χ2v) is 8.72. The van der Waals surface area contributed by atoms with E-state index in [0.29, 0.717) is 5.56 Å². The molecule has 114 valence electrons. The van der Waals surface area contributed by atoms with Crippen molar-refractivity contribution in [3.05, 3.63) is 37.3 Å². The Labute approximate surface area is 140 Å². The van der Waals surface area contributed by atoms with Crippen molar-refractivity contribution < 1.29 is 18.3 Å². The molecule has 1 aliphatic heterocycles. The van der Waals surface area contributed by atoms with Crippen molar-refractivity contribution in [1.29, 1.82) is 0 Å². The fourth-order valence-corrected chi connectivity index (χ4v) is 4.45. The highest BCUT2D eigenvalue weighted by atomic mass is 127. The number of phenolic OH excluding ortho intramolecular Hbond substituents is 1. The standard InChI is InChI=1S/C12H13IN2O4S2/c1-6-3-7(13)4-8(10(6)16)11(17)15-12-14-9(5-20-12)21(2,18)19/h3-5,12,14,16H,1-2H3,(H,15,17). The summed E-state index contributed by atoms with van der Waals surface area (Å²) in [6.45, 7) is 1.71. The van der Waals surface area contributed by atoms with E-state index in [1.54, 1.807) is 19.1 Å². The second kappa shape index (κ2) is 6.05. The number of halogens is 1. The Bertz CT molecular complexity index is 731. The average molecular weight is 440 g/mol. The minimum atomic E-state index is -3.33. The molecule has 1 atom stereocenters. The molecule has 21 heavy (non-hydrogen) atoms. The zero-order valence-corrected chi connectivity index (χ0v) is 15.0. The lowest BCUT2D eigenvalue weighted by Gasteiger charge is -2.15. The monoisotopic (exact) mass is 440 g/mol. The molecule has 1 aromatic carbocycles. The van der Waals surface area contributed by atoms with E-state index in [2.05, 4.69) is 33.2 Å². The van der Waals surface area contributed by atoms with Crippen LogP contribution in [-0.2, 0) is 9.84 Å². The van der Waals surface area contributed by atoms with Crippen LogP contribution >= 0.6 is 34.4 Å². The molecular weight excluding hydrogens is 427 g/mol. The molecule has 9 heteroatoms. The molecule has 0 aliphatic carbocycles. The molecule has 0 radical (unpaired) electrons. The molecule has 0 spiro atoms. The maximum Gasteiger partial charge on any atom is 0.257 e. The first kappa shape index (κ1) is 16.4. The highest BCUT2D eigenvalue weighted by Crippen LogP contribution is 2.26. The second-order valence-electron chi connectivity index (χ2n) is 4.51. The van der Waals surface area contributed by atoms with E-state index in [1.165, 1.54) is 5.41 Å². The number of hydrogen-bond donors (Lipinski definition) is 3. The lowest BCUT2D eigenvalue weighted by Crippen LogP contribution is -2.41. The van der Waals surface area contributed by atoms with Crippen LogP contribution in [0.25, 0.3) is 0 Å². The average Bonchev–Trinajstić information content (AvgIpc) is 2.82. The zero-order chi connectivity index (χ0) is 15.8. The third kappa shape index (κ3) is 3.83. The van der Waals surface area contributed by atoms with Crippen molar-refractivity contribution in [2.75, 3.05) is 6.26 Å². The van der Waals surface area contributed by atoms with Crippen LogP contribution in [0.5, 0.6) is 5.75 Å². The predicted molar refractivity (Wildman–Crippen MR) is 90.5 cm³/mol. The van der Waals surface area contributed by atoms with Crippen LogP contribution in [0.15, 0.2) is 22.6 Å². The minimum absolute atomic E-state index is 0.0702. The molecule has 6 nitrogen and oxygen atoms in total. The first-order valence-corrected chi connectivity index (χ1v) is 9.72. The molecule has 1 heterocycles. The van der Waals surface area contributed by atoms with Gasteiger partial charge in [-0.2, -0.15) is 0 Å². The quantitative estimate of drug-likeness (QED) is 0.617. The van der Waals surface area contributed by atoms with Gasteiger partial charge in [-0.1, -0.05) is 11.8 Å². The lowest BCUT2D eigenvalue weighted by molar-refractivity contribution is 0.0944. The minimum Gasteiger partial charge on any atom is -0.507 e. The van der Waals surface area contributed by atoms with Crippen LogP contribution in [0.4, 0.5) is 0 Å².